The molecule has 0 unspecified atom stereocenters. The number of hydrogen-bond acceptors (Lipinski definition) is 3. The number of hydrogen-bond donors (Lipinski definition) is 2. The number of benzene rings is 1. The Bertz CT molecular complexity index is 696. The third-order valence-electron chi connectivity index (χ3n) is 4.18. The Hall–Kier alpha value is -2.08. The first-order valence-electron chi connectivity index (χ1n) is 9.57. The van der Waals surface area contributed by atoms with Gasteiger partial charge in [-0.05, 0) is 49.3 Å². The second-order valence-electron chi connectivity index (χ2n) is 7.50. The monoisotopic (exact) mass is 390 g/mol. The van der Waals surface area contributed by atoms with E-state index >= 15 is 0 Å². The summed E-state index contributed by atoms with van der Waals surface area (Å²) in [5, 5.41) is 15.2. The Morgan fingerprint density at radius 1 is 1.19 bits per heavy atom. The van der Waals surface area contributed by atoms with Crippen LogP contribution < -0.4 is 10.6 Å². The van der Waals surface area contributed by atoms with Crippen LogP contribution in [0.3, 0.4) is 0 Å². The molecule has 148 valence electrons. The average Bonchev–Trinajstić information content (AvgIpc) is 3.12. The summed E-state index contributed by atoms with van der Waals surface area (Å²) in [5.41, 5.74) is 1.30. The molecule has 0 bridgehead atoms. The van der Waals surface area contributed by atoms with Crippen LogP contribution in [-0.2, 0) is 13.0 Å². The van der Waals surface area contributed by atoms with Gasteiger partial charge in [0.2, 0.25) is 0 Å². The van der Waals surface area contributed by atoms with Gasteiger partial charge in [-0.25, -0.2) is 0 Å². The minimum Gasteiger partial charge on any atom is -0.357 e. The van der Waals surface area contributed by atoms with Gasteiger partial charge in [-0.2, -0.15) is 0 Å². The fourth-order valence-electron chi connectivity index (χ4n) is 2.85. The van der Waals surface area contributed by atoms with E-state index in [9.17, 15) is 0 Å². The van der Waals surface area contributed by atoms with Crippen molar-refractivity contribution in [2.24, 2.45) is 10.4 Å². The van der Waals surface area contributed by atoms with Gasteiger partial charge in [0.05, 0.1) is 0 Å². The molecule has 0 spiro atoms. The minimum atomic E-state index is 0.0570. The van der Waals surface area contributed by atoms with Crippen LogP contribution in [0.5, 0.6) is 0 Å². The van der Waals surface area contributed by atoms with E-state index in [1.54, 1.807) is 12.7 Å². The predicted octanol–water partition coefficient (Wildman–Crippen LogP) is 3.54. The number of aliphatic imine (C=N–C) groups is 1. The maximum absolute atomic E-state index is 6.10. The second-order valence-corrected chi connectivity index (χ2v) is 7.94. The molecule has 0 saturated carbocycles. The highest BCUT2D eigenvalue weighted by atomic mass is 35.5. The third kappa shape index (κ3) is 8.43. The lowest BCUT2D eigenvalue weighted by Crippen LogP contribution is -2.38. The molecule has 0 radical (unpaired) electrons. The van der Waals surface area contributed by atoms with Crippen molar-refractivity contribution >= 4 is 17.6 Å². The average molecular weight is 391 g/mol. The third-order valence-corrected chi connectivity index (χ3v) is 4.42. The van der Waals surface area contributed by atoms with Crippen molar-refractivity contribution in [1.82, 2.24) is 25.4 Å². The van der Waals surface area contributed by atoms with Crippen molar-refractivity contribution in [1.29, 1.82) is 0 Å². The molecular formula is C20H31ClN6. The summed E-state index contributed by atoms with van der Waals surface area (Å²) in [5.74, 6) is 0.876. The van der Waals surface area contributed by atoms with Crippen molar-refractivity contribution in [3.63, 3.8) is 0 Å². The van der Waals surface area contributed by atoms with E-state index in [1.165, 1.54) is 5.56 Å². The van der Waals surface area contributed by atoms with E-state index in [2.05, 4.69) is 47.7 Å². The highest BCUT2D eigenvalue weighted by molar-refractivity contribution is 6.30. The van der Waals surface area contributed by atoms with Crippen LogP contribution in [-0.4, -0.2) is 40.4 Å². The number of nitrogens with one attached hydrogen (secondary N) is 2. The van der Waals surface area contributed by atoms with Crippen LogP contribution >= 0.6 is 11.6 Å². The zero-order valence-electron chi connectivity index (χ0n) is 16.6. The van der Waals surface area contributed by atoms with Crippen LogP contribution in [0.15, 0.2) is 41.9 Å². The number of aromatic nitrogens is 3. The Labute approximate surface area is 167 Å². The van der Waals surface area contributed by atoms with Crippen molar-refractivity contribution < 1.29 is 0 Å². The van der Waals surface area contributed by atoms with Crippen molar-refractivity contribution in [2.45, 2.75) is 46.6 Å². The summed E-state index contributed by atoms with van der Waals surface area (Å²) in [4.78, 5) is 4.79. The fraction of sp³-hybridized carbons (Fsp3) is 0.550. The summed E-state index contributed by atoms with van der Waals surface area (Å²) in [6, 6.07) is 8.07. The first-order valence-corrected chi connectivity index (χ1v) is 9.95. The number of nitrogens with zero attached hydrogens (tertiary/aromatic N) is 4. The first-order chi connectivity index (χ1) is 13.0. The Kier molecular flexibility index (Phi) is 8.58. The van der Waals surface area contributed by atoms with E-state index in [0.29, 0.717) is 0 Å². The fourth-order valence-corrected chi connectivity index (χ4v) is 3.07. The number of guanidine groups is 1. The topological polar surface area (TPSA) is 67.1 Å². The maximum Gasteiger partial charge on any atom is 0.191 e. The molecule has 1 heterocycles. The second kappa shape index (κ2) is 10.9. The van der Waals surface area contributed by atoms with Crippen LogP contribution in [0.4, 0.5) is 0 Å². The quantitative estimate of drug-likeness (QED) is 0.370. The smallest absolute Gasteiger partial charge is 0.191 e. The van der Waals surface area contributed by atoms with Gasteiger partial charge in [-0.15, -0.1) is 10.2 Å². The number of unbranched alkanes of at least 4 members (excludes halogenated alkanes) is 1. The van der Waals surface area contributed by atoms with Gasteiger partial charge in [0.25, 0.3) is 0 Å². The largest absolute Gasteiger partial charge is 0.357 e. The Morgan fingerprint density at radius 2 is 1.96 bits per heavy atom. The van der Waals surface area contributed by atoms with Gasteiger partial charge in [0, 0.05) is 31.2 Å². The molecule has 7 heteroatoms. The first kappa shape index (κ1) is 21.2. The molecule has 0 amide bonds. The van der Waals surface area contributed by atoms with E-state index in [-0.39, 0.29) is 5.41 Å². The van der Waals surface area contributed by atoms with Gasteiger partial charge >= 0.3 is 0 Å². The lowest BCUT2D eigenvalue weighted by molar-refractivity contribution is 0.377. The lowest BCUT2D eigenvalue weighted by Gasteiger charge is -2.23. The molecule has 0 atom stereocenters. The minimum absolute atomic E-state index is 0.0570. The SMILES string of the molecule is CCNC(=NCC(C)(C)Cc1cccc(Cl)c1)NCCCCn1cnnc1. The van der Waals surface area contributed by atoms with Gasteiger partial charge in [-0.3, -0.25) is 4.99 Å². The van der Waals surface area contributed by atoms with E-state index in [0.717, 1.165) is 56.4 Å². The lowest BCUT2D eigenvalue weighted by atomic mass is 9.86. The highest BCUT2D eigenvalue weighted by Crippen LogP contribution is 2.23. The molecule has 2 rings (SSSR count). The highest BCUT2D eigenvalue weighted by Gasteiger charge is 2.18. The summed E-state index contributed by atoms with van der Waals surface area (Å²) in [7, 11) is 0. The van der Waals surface area contributed by atoms with Gasteiger partial charge in [-0.1, -0.05) is 37.6 Å². The summed E-state index contributed by atoms with van der Waals surface area (Å²) < 4.78 is 2.00. The summed E-state index contributed by atoms with van der Waals surface area (Å²) in [6.45, 7) is 9.98. The molecule has 2 N–H and O–H groups in total. The van der Waals surface area contributed by atoms with E-state index in [4.69, 9.17) is 16.6 Å². The van der Waals surface area contributed by atoms with Crippen LogP contribution in [0.25, 0.3) is 0 Å². The molecule has 0 aliphatic heterocycles. The van der Waals surface area contributed by atoms with Crippen LogP contribution in [0.1, 0.15) is 39.2 Å². The zero-order valence-corrected chi connectivity index (χ0v) is 17.3. The molecule has 0 aliphatic carbocycles. The molecule has 27 heavy (non-hydrogen) atoms. The van der Waals surface area contributed by atoms with E-state index < -0.39 is 0 Å². The van der Waals surface area contributed by atoms with Crippen LogP contribution in [0, 0.1) is 5.41 Å². The van der Waals surface area contributed by atoms with Crippen molar-refractivity contribution in [2.75, 3.05) is 19.6 Å². The number of halogens is 1. The zero-order chi connectivity index (χ0) is 19.5. The molecule has 2 aromatic rings. The molecular weight excluding hydrogens is 360 g/mol. The van der Waals surface area contributed by atoms with Crippen molar-refractivity contribution in [3.8, 4) is 0 Å². The van der Waals surface area contributed by atoms with Crippen molar-refractivity contribution in [3.05, 3.63) is 47.5 Å². The summed E-state index contributed by atoms with van der Waals surface area (Å²) in [6.07, 6.45) is 6.58. The predicted molar refractivity (Wildman–Crippen MR) is 112 cm³/mol. The molecule has 6 nitrogen and oxygen atoms in total. The van der Waals surface area contributed by atoms with Gasteiger partial charge in [0.15, 0.2) is 5.96 Å². The molecule has 0 aliphatic rings. The van der Waals surface area contributed by atoms with Crippen LogP contribution in [0.2, 0.25) is 5.02 Å². The molecule has 1 aromatic heterocycles. The Morgan fingerprint density at radius 3 is 2.67 bits per heavy atom. The van der Waals surface area contributed by atoms with Gasteiger partial charge in [0.1, 0.15) is 12.7 Å². The number of aryl methyl sites for hydroxylation is 1. The maximum atomic E-state index is 6.10. The number of rotatable bonds is 10. The molecule has 0 fully saturated rings. The molecule has 0 saturated heterocycles. The van der Waals surface area contributed by atoms with E-state index in [1.807, 2.05) is 22.8 Å². The standard InChI is InChI=1S/C20H31ClN6/c1-4-22-19(23-10-5-6-11-27-15-25-26-16-27)24-14-20(2,3)13-17-8-7-9-18(21)12-17/h7-9,12,15-16H,4-6,10-11,13-14H2,1-3H3,(H2,22,23,24). The Balaban J connectivity index is 1.78. The summed E-state index contributed by atoms with van der Waals surface area (Å²) >= 11 is 6.10. The molecule has 1 aromatic carbocycles. The van der Waals surface area contributed by atoms with Gasteiger partial charge < -0.3 is 15.2 Å². The normalized spacial score (nSPS) is 12.2.